The van der Waals surface area contributed by atoms with Crippen LogP contribution >= 0.6 is 0 Å². The van der Waals surface area contributed by atoms with Gasteiger partial charge in [0.05, 0.1) is 17.7 Å². The van der Waals surface area contributed by atoms with Gasteiger partial charge in [0.1, 0.15) is 0 Å². The summed E-state index contributed by atoms with van der Waals surface area (Å²) in [6.07, 6.45) is 1.40. The fourth-order valence-corrected chi connectivity index (χ4v) is 4.70. The standard InChI is InChI=1S/C24H19NO4S/c1-29-24(26)22(30(27,28)18-12-6-3-7-13-18)16-20-19-14-8-9-15-21(19)25-23(20)17-10-4-2-5-11-17/h2-16,25H,1H3/b22-16+. The maximum atomic E-state index is 13.3. The minimum Gasteiger partial charge on any atom is -0.465 e. The third-order valence-corrected chi connectivity index (χ3v) is 6.57. The van der Waals surface area contributed by atoms with Crippen LogP contribution in [0.2, 0.25) is 0 Å². The number of aromatic nitrogens is 1. The number of nitrogens with one attached hydrogen (secondary N) is 1. The molecule has 30 heavy (non-hydrogen) atoms. The molecule has 0 spiro atoms. The fraction of sp³-hybridized carbons (Fsp3) is 0.0417. The Bertz CT molecular complexity index is 1340. The van der Waals surface area contributed by atoms with E-state index in [4.69, 9.17) is 4.74 Å². The van der Waals surface area contributed by atoms with Crippen LogP contribution in [0.25, 0.3) is 28.2 Å². The highest BCUT2D eigenvalue weighted by Crippen LogP contribution is 2.34. The number of ether oxygens (including phenoxy) is 1. The zero-order valence-electron chi connectivity index (χ0n) is 16.2. The van der Waals surface area contributed by atoms with E-state index in [0.29, 0.717) is 5.56 Å². The lowest BCUT2D eigenvalue weighted by atomic mass is 10.0. The van der Waals surface area contributed by atoms with E-state index >= 15 is 0 Å². The predicted molar refractivity (Wildman–Crippen MR) is 117 cm³/mol. The molecule has 0 unspecified atom stereocenters. The second-order valence-electron chi connectivity index (χ2n) is 6.64. The third-order valence-electron chi connectivity index (χ3n) is 4.81. The normalized spacial score (nSPS) is 12.1. The topological polar surface area (TPSA) is 76.2 Å². The van der Waals surface area contributed by atoms with Crippen molar-refractivity contribution in [2.45, 2.75) is 4.90 Å². The molecule has 0 radical (unpaired) electrons. The molecule has 0 amide bonds. The second-order valence-corrected chi connectivity index (χ2v) is 8.56. The molecule has 0 bridgehead atoms. The highest BCUT2D eigenvalue weighted by atomic mass is 32.2. The summed E-state index contributed by atoms with van der Waals surface area (Å²) in [6.45, 7) is 0. The van der Waals surface area contributed by atoms with Crippen LogP contribution in [0.4, 0.5) is 0 Å². The molecule has 4 rings (SSSR count). The number of esters is 1. The largest absolute Gasteiger partial charge is 0.465 e. The van der Waals surface area contributed by atoms with E-state index < -0.39 is 20.7 Å². The monoisotopic (exact) mass is 417 g/mol. The second kappa shape index (κ2) is 8.00. The summed E-state index contributed by atoms with van der Waals surface area (Å²) < 4.78 is 31.4. The van der Waals surface area contributed by atoms with Gasteiger partial charge in [0, 0.05) is 16.5 Å². The Balaban J connectivity index is 2.01. The Morgan fingerprint density at radius 2 is 1.47 bits per heavy atom. The molecule has 0 aliphatic heterocycles. The van der Waals surface area contributed by atoms with Crippen LogP contribution in [-0.2, 0) is 19.4 Å². The summed E-state index contributed by atoms with van der Waals surface area (Å²) >= 11 is 0. The smallest absolute Gasteiger partial charge is 0.349 e. The van der Waals surface area contributed by atoms with Crippen molar-refractivity contribution in [1.29, 1.82) is 0 Å². The van der Waals surface area contributed by atoms with Crippen LogP contribution in [0.3, 0.4) is 0 Å². The summed E-state index contributed by atoms with van der Waals surface area (Å²) in [5, 5.41) is 0.806. The van der Waals surface area contributed by atoms with Gasteiger partial charge in [-0.05, 0) is 29.8 Å². The summed E-state index contributed by atoms with van der Waals surface area (Å²) in [4.78, 5) is 15.5. The van der Waals surface area contributed by atoms with E-state index in [-0.39, 0.29) is 4.90 Å². The number of benzene rings is 3. The quantitative estimate of drug-likeness (QED) is 0.373. The summed E-state index contributed by atoms with van der Waals surface area (Å²) in [7, 11) is -2.91. The Morgan fingerprint density at radius 1 is 0.867 bits per heavy atom. The lowest BCUT2D eigenvalue weighted by Gasteiger charge is -2.09. The molecule has 0 atom stereocenters. The van der Waals surface area contributed by atoms with Gasteiger partial charge in [-0.2, -0.15) is 0 Å². The van der Waals surface area contributed by atoms with Crippen molar-refractivity contribution >= 4 is 32.8 Å². The predicted octanol–water partition coefficient (Wildman–Crippen LogP) is 4.82. The first-order valence-electron chi connectivity index (χ1n) is 9.28. The van der Waals surface area contributed by atoms with Crippen molar-refractivity contribution in [3.8, 4) is 11.3 Å². The van der Waals surface area contributed by atoms with Gasteiger partial charge in [-0.3, -0.25) is 0 Å². The van der Waals surface area contributed by atoms with Crippen molar-refractivity contribution in [3.05, 3.63) is 95.4 Å². The van der Waals surface area contributed by atoms with Crippen LogP contribution < -0.4 is 0 Å². The van der Waals surface area contributed by atoms with Gasteiger partial charge in [-0.15, -0.1) is 0 Å². The van der Waals surface area contributed by atoms with Gasteiger partial charge in [0.25, 0.3) is 0 Å². The zero-order valence-corrected chi connectivity index (χ0v) is 17.0. The Kier molecular flexibility index (Phi) is 5.25. The molecule has 1 N–H and O–H groups in total. The minimum atomic E-state index is -4.08. The minimum absolute atomic E-state index is 0.0303. The molecular formula is C24H19NO4S. The molecule has 6 heteroatoms. The Hall–Kier alpha value is -3.64. The first-order valence-corrected chi connectivity index (χ1v) is 10.8. The van der Waals surface area contributed by atoms with Crippen LogP contribution in [-0.4, -0.2) is 26.5 Å². The van der Waals surface area contributed by atoms with E-state index in [2.05, 4.69) is 4.98 Å². The van der Waals surface area contributed by atoms with Gasteiger partial charge < -0.3 is 9.72 Å². The highest BCUT2D eigenvalue weighted by Gasteiger charge is 2.29. The number of carbonyl (C=O) groups excluding carboxylic acids is 1. The third kappa shape index (κ3) is 3.53. The number of sulfone groups is 1. The molecule has 150 valence electrons. The SMILES string of the molecule is COC(=O)/C(=C\c1c(-c2ccccc2)[nH]c2ccccc12)S(=O)(=O)c1ccccc1. The molecule has 1 aromatic heterocycles. The van der Waals surface area contributed by atoms with Crippen molar-refractivity contribution in [2.24, 2.45) is 0 Å². The Morgan fingerprint density at radius 3 is 2.13 bits per heavy atom. The lowest BCUT2D eigenvalue weighted by Crippen LogP contribution is -2.15. The van der Waals surface area contributed by atoms with Crippen molar-refractivity contribution in [2.75, 3.05) is 7.11 Å². The molecule has 5 nitrogen and oxygen atoms in total. The number of H-pyrrole nitrogens is 1. The summed E-state index contributed by atoms with van der Waals surface area (Å²) in [6, 6.07) is 25.0. The van der Waals surface area contributed by atoms with Crippen molar-refractivity contribution in [3.63, 3.8) is 0 Å². The van der Waals surface area contributed by atoms with E-state index in [9.17, 15) is 13.2 Å². The van der Waals surface area contributed by atoms with Gasteiger partial charge in [-0.1, -0.05) is 66.7 Å². The number of para-hydroxylation sites is 1. The highest BCUT2D eigenvalue weighted by molar-refractivity contribution is 7.96. The average molecular weight is 417 g/mol. The molecule has 0 saturated heterocycles. The summed E-state index contributed by atoms with van der Waals surface area (Å²) in [5.41, 5.74) is 3.04. The zero-order chi connectivity index (χ0) is 21.1. The number of rotatable bonds is 5. The number of hydrogen-bond acceptors (Lipinski definition) is 4. The molecule has 3 aromatic carbocycles. The van der Waals surface area contributed by atoms with Crippen molar-refractivity contribution < 1.29 is 17.9 Å². The van der Waals surface area contributed by atoms with Crippen LogP contribution in [0.5, 0.6) is 0 Å². The molecule has 0 aliphatic rings. The Labute approximate surface area is 174 Å². The molecule has 0 aliphatic carbocycles. The maximum Gasteiger partial charge on any atom is 0.349 e. The lowest BCUT2D eigenvalue weighted by molar-refractivity contribution is -0.135. The van der Waals surface area contributed by atoms with Crippen LogP contribution in [0, 0.1) is 0 Å². The maximum absolute atomic E-state index is 13.3. The van der Waals surface area contributed by atoms with Gasteiger partial charge in [0.15, 0.2) is 4.91 Å². The van der Waals surface area contributed by atoms with E-state index in [1.54, 1.807) is 18.2 Å². The van der Waals surface area contributed by atoms with Gasteiger partial charge >= 0.3 is 5.97 Å². The molecular weight excluding hydrogens is 398 g/mol. The number of hydrogen-bond donors (Lipinski definition) is 1. The van der Waals surface area contributed by atoms with Crippen LogP contribution in [0.15, 0.2) is 94.7 Å². The molecule has 0 fully saturated rings. The first kappa shape index (κ1) is 19.7. The van der Waals surface area contributed by atoms with Crippen LogP contribution in [0.1, 0.15) is 5.56 Å². The van der Waals surface area contributed by atoms with E-state index in [0.717, 1.165) is 22.2 Å². The van der Waals surface area contributed by atoms with E-state index in [1.807, 2.05) is 54.6 Å². The molecule has 1 heterocycles. The van der Waals surface area contributed by atoms with Crippen molar-refractivity contribution in [1.82, 2.24) is 4.98 Å². The number of fused-ring (bicyclic) bond motifs is 1. The average Bonchev–Trinajstić information content (AvgIpc) is 3.16. The summed E-state index contributed by atoms with van der Waals surface area (Å²) in [5.74, 6) is -0.914. The van der Waals surface area contributed by atoms with E-state index in [1.165, 1.54) is 25.3 Å². The molecule has 4 aromatic rings. The number of methoxy groups -OCH3 is 1. The van der Waals surface area contributed by atoms with Gasteiger partial charge in [0.2, 0.25) is 9.84 Å². The number of carbonyl (C=O) groups is 1. The fourth-order valence-electron chi connectivity index (χ4n) is 3.35. The van der Waals surface area contributed by atoms with Gasteiger partial charge in [-0.25, -0.2) is 13.2 Å². The number of aromatic amines is 1. The molecule has 0 saturated carbocycles. The first-order chi connectivity index (χ1) is 14.5.